The van der Waals surface area contributed by atoms with E-state index < -0.39 is 12.0 Å². The molecule has 1 aromatic rings. The van der Waals surface area contributed by atoms with Crippen LogP contribution in [0.5, 0.6) is 0 Å². The second kappa shape index (κ2) is 9.44. The average molecular weight is 279 g/mol. The summed E-state index contributed by atoms with van der Waals surface area (Å²) >= 11 is 0. The van der Waals surface area contributed by atoms with Crippen LogP contribution in [0.25, 0.3) is 0 Å². The molecule has 1 unspecified atom stereocenters. The van der Waals surface area contributed by atoms with Gasteiger partial charge in [0.2, 0.25) is 0 Å². The van der Waals surface area contributed by atoms with Crippen molar-refractivity contribution in [3.8, 4) is 0 Å². The molecule has 0 aromatic carbocycles. The van der Waals surface area contributed by atoms with Crippen molar-refractivity contribution in [2.45, 2.75) is 32.2 Å². The first-order valence-corrected chi connectivity index (χ1v) is 7.17. The van der Waals surface area contributed by atoms with Crippen molar-refractivity contribution in [2.24, 2.45) is 0 Å². The Morgan fingerprint density at radius 3 is 2.70 bits per heavy atom. The van der Waals surface area contributed by atoms with Gasteiger partial charge in [0.05, 0.1) is 0 Å². The smallest absolute Gasteiger partial charge is 0.320 e. The summed E-state index contributed by atoms with van der Waals surface area (Å²) < 4.78 is 0. The van der Waals surface area contributed by atoms with E-state index in [1.807, 2.05) is 26.1 Å². The van der Waals surface area contributed by atoms with E-state index in [2.05, 4.69) is 15.2 Å². The van der Waals surface area contributed by atoms with E-state index in [0.717, 1.165) is 32.5 Å². The van der Waals surface area contributed by atoms with E-state index in [1.54, 1.807) is 12.4 Å². The molecule has 20 heavy (non-hydrogen) atoms. The minimum Gasteiger partial charge on any atom is -0.480 e. The third kappa shape index (κ3) is 6.63. The van der Waals surface area contributed by atoms with E-state index in [-0.39, 0.29) is 0 Å². The SMILES string of the molecule is CCCNC(CCN(C)CCc1ccncc1)C(=O)O. The Hall–Kier alpha value is -1.46. The molecular formula is C15H25N3O2. The Bertz CT molecular complexity index is 384. The summed E-state index contributed by atoms with van der Waals surface area (Å²) in [6.07, 6.45) is 6.12. The Morgan fingerprint density at radius 2 is 2.10 bits per heavy atom. The van der Waals surface area contributed by atoms with Gasteiger partial charge in [-0.2, -0.15) is 0 Å². The Kier molecular flexibility index (Phi) is 7.84. The number of carbonyl (C=O) groups is 1. The summed E-state index contributed by atoms with van der Waals surface area (Å²) in [7, 11) is 2.03. The quantitative estimate of drug-likeness (QED) is 0.678. The van der Waals surface area contributed by atoms with E-state index in [9.17, 15) is 4.79 Å². The second-order valence-corrected chi connectivity index (χ2v) is 5.04. The number of hydrogen-bond acceptors (Lipinski definition) is 4. The lowest BCUT2D eigenvalue weighted by Gasteiger charge is -2.20. The first-order chi connectivity index (χ1) is 9.63. The van der Waals surface area contributed by atoms with Crippen molar-refractivity contribution in [1.29, 1.82) is 0 Å². The molecule has 0 bridgehead atoms. The fourth-order valence-corrected chi connectivity index (χ4v) is 1.96. The third-order valence-corrected chi connectivity index (χ3v) is 3.27. The van der Waals surface area contributed by atoms with Gasteiger partial charge >= 0.3 is 5.97 Å². The van der Waals surface area contributed by atoms with Gasteiger partial charge in [-0.15, -0.1) is 0 Å². The monoisotopic (exact) mass is 279 g/mol. The molecule has 0 radical (unpaired) electrons. The second-order valence-electron chi connectivity index (χ2n) is 5.04. The van der Waals surface area contributed by atoms with E-state index in [1.165, 1.54) is 5.56 Å². The molecule has 2 N–H and O–H groups in total. The molecule has 0 aliphatic carbocycles. The molecule has 0 amide bonds. The predicted molar refractivity (Wildman–Crippen MR) is 79.8 cm³/mol. The number of pyridine rings is 1. The molecule has 5 heteroatoms. The molecule has 112 valence electrons. The molecule has 1 rings (SSSR count). The maximum atomic E-state index is 11.1. The fourth-order valence-electron chi connectivity index (χ4n) is 1.96. The number of carboxylic acid groups (broad SMARTS) is 1. The van der Waals surface area contributed by atoms with Crippen LogP contribution < -0.4 is 5.32 Å². The lowest BCUT2D eigenvalue weighted by molar-refractivity contribution is -0.139. The van der Waals surface area contributed by atoms with Gasteiger partial charge < -0.3 is 15.3 Å². The standard InChI is InChI=1S/C15H25N3O2/c1-3-8-17-14(15(19)20)7-12-18(2)11-6-13-4-9-16-10-5-13/h4-5,9-10,14,17H,3,6-8,11-12H2,1-2H3,(H,19,20). The first kappa shape index (κ1) is 16.6. The average Bonchev–Trinajstić information content (AvgIpc) is 2.46. The van der Waals surface area contributed by atoms with E-state index in [4.69, 9.17) is 5.11 Å². The Labute approximate surface area is 121 Å². The van der Waals surface area contributed by atoms with Crippen molar-refractivity contribution in [3.05, 3.63) is 30.1 Å². The summed E-state index contributed by atoms with van der Waals surface area (Å²) in [5, 5.41) is 12.2. The van der Waals surface area contributed by atoms with Gasteiger partial charge in [-0.1, -0.05) is 6.92 Å². The van der Waals surface area contributed by atoms with Crippen LogP contribution in [0, 0.1) is 0 Å². The zero-order valence-electron chi connectivity index (χ0n) is 12.4. The molecule has 1 heterocycles. The van der Waals surface area contributed by atoms with Crippen LogP contribution in [0.3, 0.4) is 0 Å². The highest BCUT2D eigenvalue weighted by Crippen LogP contribution is 2.01. The number of nitrogens with one attached hydrogen (secondary N) is 1. The molecule has 0 saturated carbocycles. The maximum absolute atomic E-state index is 11.1. The van der Waals surface area contributed by atoms with Crippen LogP contribution in [0.15, 0.2) is 24.5 Å². The van der Waals surface area contributed by atoms with Gasteiger partial charge in [0.25, 0.3) is 0 Å². The molecule has 0 aliphatic heterocycles. The molecule has 1 aromatic heterocycles. The molecular weight excluding hydrogens is 254 g/mol. The van der Waals surface area contributed by atoms with Gasteiger partial charge in [0.1, 0.15) is 6.04 Å². The summed E-state index contributed by atoms with van der Waals surface area (Å²) in [5.74, 6) is -0.763. The van der Waals surface area contributed by atoms with Gasteiger partial charge in [-0.3, -0.25) is 9.78 Å². The lowest BCUT2D eigenvalue weighted by Crippen LogP contribution is -2.40. The third-order valence-electron chi connectivity index (χ3n) is 3.27. The summed E-state index contributed by atoms with van der Waals surface area (Å²) in [6.45, 7) is 4.48. The largest absolute Gasteiger partial charge is 0.480 e. The normalized spacial score (nSPS) is 12.6. The zero-order valence-corrected chi connectivity index (χ0v) is 12.4. The number of hydrogen-bond donors (Lipinski definition) is 2. The predicted octanol–water partition coefficient (Wildman–Crippen LogP) is 1.40. The van der Waals surface area contributed by atoms with Crippen molar-refractivity contribution in [3.63, 3.8) is 0 Å². The number of likely N-dealkylation sites (N-methyl/N-ethyl adjacent to an activating group) is 1. The highest BCUT2D eigenvalue weighted by atomic mass is 16.4. The topological polar surface area (TPSA) is 65.5 Å². The molecule has 0 spiro atoms. The minimum absolute atomic E-state index is 0.446. The van der Waals surface area contributed by atoms with Crippen LogP contribution in [0.4, 0.5) is 0 Å². The molecule has 0 fully saturated rings. The van der Waals surface area contributed by atoms with Crippen molar-refractivity contribution >= 4 is 5.97 Å². The fraction of sp³-hybridized carbons (Fsp3) is 0.600. The maximum Gasteiger partial charge on any atom is 0.320 e. The number of carboxylic acids is 1. The van der Waals surface area contributed by atoms with E-state index >= 15 is 0 Å². The Morgan fingerprint density at radius 1 is 1.40 bits per heavy atom. The van der Waals surface area contributed by atoms with E-state index in [0.29, 0.717) is 6.42 Å². The summed E-state index contributed by atoms with van der Waals surface area (Å²) in [6, 6.07) is 3.58. The van der Waals surface area contributed by atoms with Gasteiger partial charge in [0.15, 0.2) is 0 Å². The van der Waals surface area contributed by atoms with Gasteiger partial charge in [-0.25, -0.2) is 0 Å². The van der Waals surface area contributed by atoms with Crippen LogP contribution in [-0.4, -0.2) is 53.7 Å². The first-order valence-electron chi connectivity index (χ1n) is 7.17. The zero-order chi connectivity index (χ0) is 14.8. The minimum atomic E-state index is -0.763. The lowest BCUT2D eigenvalue weighted by atomic mass is 10.1. The van der Waals surface area contributed by atoms with Gasteiger partial charge in [0, 0.05) is 18.9 Å². The molecule has 0 aliphatic rings. The summed E-state index contributed by atoms with van der Waals surface area (Å²) in [5.41, 5.74) is 1.26. The van der Waals surface area contributed by atoms with Crippen LogP contribution in [0.1, 0.15) is 25.3 Å². The van der Waals surface area contributed by atoms with Crippen molar-refractivity contribution in [2.75, 3.05) is 26.7 Å². The number of aromatic nitrogens is 1. The Balaban J connectivity index is 2.27. The number of aliphatic carboxylic acids is 1. The molecule has 5 nitrogen and oxygen atoms in total. The number of nitrogens with zero attached hydrogens (tertiary/aromatic N) is 2. The molecule has 0 saturated heterocycles. The van der Waals surface area contributed by atoms with Crippen molar-refractivity contribution in [1.82, 2.24) is 15.2 Å². The number of rotatable bonds is 10. The molecule has 1 atom stereocenters. The van der Waals surface area contributed by atoms with Gasteiger partial charge in [-0.05, 0) is 57.1 Å². The highest BCUT2D eigenvalue weighted by Gasteiger charge is 2.16. The summed E-state index contributed by atoms with van der Waals surface area (Å²) in [4.78, 5) is 17.3. The van der Waals surface area contributed by atoms with Crippen LogP contribution >= 0.6 is 0 Å². The van der Waals surface area contributed by atoms with Crippen molar-refractivity contribution < 1.29 is 9.90 Å². The van der Waals surface area contributed by atoms with Crippen LogP contribution in [0.2, 0.25) is 0 Å². The van der Waals surface area contributed by atoms with Crippen LogP contribution in [-0.2, 0) is 11.2 Å². The highest BCUT2D eigenvalue weighted by molar-refractivity contribution is 5.73.